The van der Waals surface area contributed by atoms with Gasteiger partial charge < -0.3 is 10.5 Å². The van der Waals surface area contributed by atoms with Gasteiger partial charge >= 0.3 is 0 Å². The van der Waals surface area contributed by atoms with Crippen molar-refractivity contribution < 1.29 is 13.9 Å². The van der Waals surface area contributed by atoms with Gasteiger partial charge in [-0.2, -0.15) is 0 Å². The van der Waals surface area contributed by atoms with Crippen LogP contribution in [0.15, 0.2) is 16.6 Å². The molecule has 0 aliphatic heterocycles. The second-order valence-electron chi connectivity index (χ2n) is 3.09. The van der Waals surface area contributed by atoms with E-state index in [2.05, 4.69) is 15.9 Å². The van der Waals surface area contributed by atoms with Crippen molar-refractivity contribution in [1.82, 2.24) is 0 Å². The number of rotatable bonds is 3. The maximum Gasteiger partial charge on any atom is 0.183 e. The van der Waals surface area contributed by atoms with E-state index in [-0.39, 0.29) is 11.3 Å². The molecule has 5 heteroatoms. The number of nitrogens with two attached hydrogens (primary N) is 1. The number of ether oxygens (including phenoxy) is 1. The minimum atomic E-state index is -0.747. The highest BCUT2D eigenvalue weighted by atomic mass is 79.9. The van der Waals surface area contributed by atoms with Crippen LogP contribution in [0.2, 0.25) is 0 Å². The number of methoxy groups -OCH3 is 1. The Balaban J connectivity index is 3.33. The third kappa shape index (κ3) is 2.35. The molecule has 0 amide bonds. The molecule has 0 saturated heterocycles. The lowest BCUT2D eigenvalue weighted by molar-refractivity contribution is 0.0962. The average molecular weight is 276 g/mol. The van der Waals surface area contributed by atoms with Crippen molar-refractivity contribution in [2.24, 2.45) is 5.73 Å². The Labute approximate surface area is 95.5 Å². The summed E-state index contributed by atoms with van der Waals surface area (Å²) in [5.74, 6) is -1.12. The van der Waals surface area contributed by atoms with Gasteiger partial charge in [0.1, 0.15) is 0 Å². The van der Waals surface area contributed by atoms with Crippen molar-refractivity contribution in [2.45, 2.75) is 13.0 Å². The second kappa shape index (κ2) is 4.72. The molecule has 15 heavy (non-hydrogen) atoms. The number of halogens is 2. The molecule has 0 fully saturated rings. The number of hydrogen-bond donors (Lipinski definition) is 1. The van der Waals surface area contributed by atoms with Crippen LogP contribution >= 0.6 is 15.9 Å². The summed E-state index contributed by atoms with van der Waals surface area (Å²) >= 11 is 3.11. The topological polar surface area (TPSA) is 52.3 Å². The molecule has 0 aliphatic rings. The third-order valence-corrected chi connectivity index (χ3v) is 2.60. The number of benzene rings is 1. The van der Waals surface area contributed by atoms with Crippen LogP contribution in [0.4, 0.5) is 4.39 Å². The van der Waals surface area contributed by atoms with Gasteiger partial charge in [-0.15, -0.1) is 0 Å². The first kappa shape index (κ1) is 12.1. The van der Waals surface area contributed by atoms with Gasteiger partial charge in [0, 0.05) is 4.47 Å². The Morgan fingerprint density at radius 2 is 2.20 bits per heavy atom. The minimum Gasteiger partial charge on any atom is -0.494 e. The summed E-state index contributed by atoms with van der Waals surface area (Å²) < 4.78 is 18.9. The maximum atomic E-state index is 13.7. The standard InChI is InChI=1S/C10H11BrFNO2/c1-5(13)10(14)8-6(11)3-4-7(15-2)9(8)12/h3-5H,13H2,1-2H3. The van der Waals surface area contributed by atoms with Gasteiger partial charge in [0.05, 0.1) is 18.7 Å². The van der Waals surface area contributed by atoms with E-state index in [1.54, 1.807) is 6.07 Å². The fourth-order valence-corrected chi connectivity index (χ4v) is 1.65. The molecule has 0 saturated carbocycles. The molecule has 1 aromatic rings. The van der Waals surface area contributed by atoms with Crippen molar-refractivity contribution in [3.8, 4) is 5.75 Å². The molecule has 1 aromatic carbocycles. The molecular weight excluding hydrogens is 265 g/mol. The highest BCUT2D eigenvalue weighted by molar-refractivity contribution is 9.10. The number of hydrogen-bond acceptors (Lipinski definition) is 3. The number of ketones is 1. The third-order valence-electron chi connectivity index (χ3n) is 1.94. The van der Waals surface area contributed by atoms with Crippen LogP contribution in [0, 0.1) is 5.82 Å². The quantitative estimate of drug-likeness (QED) is 0.860. The lowest BCUT2D eigenvalue weighted by atomic mass is 10.1. The maximum absolute atomic E-state index is 13.7. The van der Waals surface area contributed by atoms with Gasteiger partial charge in [0.15, 0.2) is 17.3 Å². The molecule has 0 spiro atoms. The van der Waals surface area contributed by atoms with Crippen LogP contribution in [0.1, 0.15) is 17.3 Å². The summed E-state index contributed by atoms with van der Waals surface area (Å²) in [6.07, 6.45) is 0. The van der Waals surface area contributed by atoms with E-state index < -0.39 is 17.6 Å². The molecule has 0 heterocycles. The zero-order valence-corrected chi connectivity index (χ0v) is 9.97. The Bertz CT molecular complexity index is 393. The predicted octanol–water partition coefficient (Wildman–Crippen LogP) is 2.13. The number of carbonyl (C=O) groups is 1. The summed E-state index contributed by atoms with van der Waals surface area (Å²) in [4.78, 5) is 11.6. The lowest BCUT2D eigenvalue weighted by Crippen LogP contribution is -2.27. The fraction of sp³-hybridized carbons (Fsp3) is 0.300. The Morgan fingerprint density at radius 1 is 1.60 bits per heavy atom. The summed E-state index contributed by atoms with van der Waals surface area (Å²) in [5.41, 5.74) is 5.35. The van der Waals surface area contributed by atoms with Gasteiger partial charge in [-0.05, 0) is 35.0 Å². The Morgan fingerprint density at radius 3 is 2.67 bits per heavy atom. The van der Waals surface area contributed by atoms with E-state index in [9.17, 15) is 9.18 Å². The van der Waals surface area contributed by atoms with Gasteiger partial charge in [0.25, 0.3) is 0 Å². The van der Waals surface area contributed by atoms with E-state index in [4.69, 9.17) is 10.5 Å². The van der Waals surface area contributed by atoms with Crippen molar-refractivity contribution in [1.29, 1.82) is 0 Å². The summed E-state index contributed by atoms with van der Waals surface area (Å²) in [7, 11) is 1.34. The van der Waals surface area contributed by atoms with E-state index in [1.165, 1.54) is 20.1 Å². The molecule has 2 N–H and O–H groups in total. The summed E-state index contributed by atoms with van der Waals surface area (Å²) in [6.45, 7) is 1.51. The van der Waals surface area contributed by atoms with Crippen molar-refractivity contribution in [3.05, 3.63) is 28.0 Å². The fourth-order valence-electron chi connectivity index (χ4n) is 1.14. The first-order valence-electron chi connectivity index (χ1n) is 4.30. The van der Waals surface area contributed by atoms with E-state index in [0.29, 0.717) is 4.47 Å². The predicted molar refractivity (Wildman–Crippen MR) is 58.6 cm³/mol. The molecule has 1 atom stereocenters. The van der Waals surface area contributed by atoms with Crippen LogP contribution in [-0.4, -0.2) is 18.9 Å². The smallest absolute Gasteiger partial charge is 0.183 e. The molecule has 0 aromatic heterocycles. The van der Waals surface area contributed by atoms with Crippen molar-refractivity contribution in [2.75, 3.05) is 7.11 Å². The van der Waals surface area contributed by atoms with Crippen LogP contribution in [0.25, 0.3) is 0 Å². The van der Waals surface area contributed by atoms with Crippen LogP contribution < -0.4 is 10.5 Å². The molecular formula is C10H11BrFNO2. The molecule has 82 valence electrons. The van der Waals surface area contributed by atoms with Gasteiger partial charge in [-0.3, -0.25) is 4.79 Å². The molecule has 0 bridgehead atoms. The molecule has 3 nitrogen and oxygen atoms in total. The Hall–Kier alpha value is -0.940. The van der Waals surface area contributed by atoms with Gasteiger partial charge in [0.2, 0.25) is 0 Å². The lowest BCUT2D eigenvalue weighted by Gasteiger charge is -2.10. The molecule has 0 radical (unpaired) electrons. The van der Waals surface area contributed by atoms with Gasteiger partial charge in [-0.1, -0.05) is 0 Å². The highest BCUT2D eigenvalue weighted by Crippen LogP contribution is 2.28. The first-order chi connectivity index (χ1) is 6.99. The zero-order valence-electron chi connectivity index (χ0n) is 8.38. The largest absolute Gasteiger partial charge is 0.494 e. The average Bonchev–Trinajstić information content (AvgIpc) is 2.17. The summed E-state index contributed by atoms with van der Waals surface area (Å²) in [5, 5.41) is 0. The number of carbonyl (C=O) groups excluding carboxylic acids is 1. The van der Waals surface area contributed by atoms with E-state index in [0.717, 1.165) is 0 Å². The Kier molecular flexibility index (Phi) is 3.82. The molecule has 1 unspecified atom stereocenters. The first-order valence-corrected chi connectivity index (χ1v) is 5.10. The highest BCUT2D eigenvalue weighted by Gasteiger charge is 2.21. The minimum absolute atomic E-state index is 0.0298. The van der Waals surface area contributed by atoms with E-state index >= 15 is 0 Å². The normalized spacial score (nSPS) is 12.3. The summed E-state index contributed by atoms with van der Waals surface area (Å²) in [6, 6.07) is 2.25. The van der Waals surface area contributed by atoms with Gasteiger partial charge in [-0.25, -0.2) is 4.39 Å². The molecule has 0 aliphatic carbocycles. The SMILES string of the molecule is COc1ccc(Br)c(C(=O)C(C)N)c1F. The van der Waals surface area contributed by atoms with Crippen molar-refractivity contribution in [3.63, 3.8) is 0 Å². The van der Waals surface area contributed by atoms with Crippen LogP contribution in [-0.2, 0) is 0 Å². The van der Waals surface area contributed by atoms with Crippen LogP contribution in [0.3, 0.4) is 0 Å². The second-order valence-corrected chi connectivity index (χ2v) is 3.95. The monoisotopic (exact) mass is 275 g/mol. The zero-order chi connectivity index (χ0) is 11.6. The van der Waals surface area contributed by atoms with E-state index in [1.807, 2.05) is 0 Å². The van der Waals surface area contributed by atoms with Crippen molar-refractivity contribution >= 4 is 21.7 Å². The van der Waals surface area contributed by atoms with Crippen LogP contribution in [0.5, 0.6) is 5.75 Å². The molecule has 1 rings (SSSR count). The number of Topliss-reactive ketones (excluding diaryl/α,β-unsaturated/α-hetero) is 1.